The maximum Gasteiger partial charge on any atom is 0.274 e. The minimum absolute atomic E-state index is 0.0697. The van der Waals surface area contributed by atoms with E-state index in [9.17, 15) is 13.6 Å². The topological polar surface area (TPSA) is 63.2 Å². The first kappa shape index (κ1) is 16.3. The molecular formula is C17H17F2N3O2. The molecule has 1 aliphatic heterocycles. The number of amides is 1. The third kappa shape index (κ3) is 3.86. The van der Waals surface area contributed by atoms with Gasteiger partial charge in [0.2, 0.25) is 0 Å². The van der Waals surface area contributed by atoms with Crippen molar-refractivity contribution in [3.8, 4) is 0 Å². The number of hydrogen-bond donors (Lipinski definition) is 2. The molecular weight excluding hydrogens is 316 g/mol. The fraction of sp³-hybridized carbons (Fsp3) is 0.294. The van der Waals surface area contributed by atoms with Crippen LogP contribution in [0.1, 0.15) is 23.3 Å². The number of hydrogen-bond acceptors (Lipinski definition) is 4. The van der Waals surface area contributed by atoms with Crippen molar-refractivity contribution in [2.75, 3.05) is 23.8 Å². The summed E-state index contributed by atoms with van der Waals surface area (Å²) in [4.78, 5) is 16.1. The predicted octanol–water partition coefficient (Wildman–Crippen LogP) is 3.20. The van der Waals surface area contributed by atoms with Gasteiger partial charge in [0, 0.05) is 13.2 Å². The first-order valence-electron chi connectivity index (χ1n) is 7.70. The minimum Gasteiger partial charge on any atom is -0.381 e. The van der Waals surface area contributed by atoms with Crippen LogP contribution in [0.2, 0.25) is 0 Å². The Bertz CT molecular complexity index is 696. The van der Waals surface area contributed by atoms with E-state index < -0.39 is 23.2 Å². The van der Waals surface area contributed by atoms with E-state index in [-0.39, 0.29) is 11.8 Å². The van der Waals surface area contributed by atoms with Crippen LogP contribution < -0.4 is 10.6 Å². The maximum absolute atomic E-state index is 13.5. The first-order chi connectivity index (χ1) is 11.6. The van der Waals surface area contributed by atoms with Gasteiger partial charge in [-0.25, -0.2) is 13.8 Å². The lowest BCUT2D eigenvalue weighted by atomic mass is 10.2. The summed E-state index contributed by atoms with van der Waals surface area (Å²) in [6.45, 7) is 1.46. The molecule has 1 aromatic carbocycles. The number of pyridine rings is 1. The Hall–Kier alpha value is -2.54. The van der Waals surface area contributed by atoms with Crippen LogP contribution in [0.5, 0.6) is 0 Å². The van der Waals surface area contributed by atoms with Crippen molar-refractivity contribution in [3.05, 3.63) is 53.9 Å². The zero-order valence-corrected chi connectivity index (χ0v) is 12.9. The first-order valence-corrected chi connectivity index (χ1v) is 7.70. The second kappa shape index (κ2) is 7.35. The molecule has 1 saturated heterocycles. The fourth-order valence-corrected chi connectivity index (χ4v) is 2.46. The summed E-state index contributed by atoms with van der Waals surface area (Å²) in [5.74, 6) is -2.35. The van der Waals surface area contributed by atoms with Crippen molar-refractivity contribution in [3.63, 3.8) is 0 Å². The molecule has 1 aliphatic rings. The molecule has 1 fully saturated rings. The number of benzene rings is 1. The van der Waals surface area contributed by atoms with Gasteiger partial charge in [0.05, 0.1) is 18.0 Å². The van der Waals surface area contributed by atoms with Gasteiger partial charge in [-0.15, -0.1) is 0 Å². The van der Waals surface area contributed by atoms with Crippen LogP contribution in [-0.2, 0) is 4.74 Å². The van der Waals surface area contributed by atoms with Crippen molar-refractivity contribution in [2.45, 2.75) is 18.9 Å². The average Bonchev–Trinajstić information content (AvgIpc) is 3.10. The van der Waals surface area contributed by atoms with Crippen molar-refractivity contribution in [1.29, 1.82) is 0 Å². The van der Waals surface area contributed by atoms with E-state index in [1.165, 1.54) is 18.3 Å². The summed E-state index contributed by atoms with van der Waals surface area (Å²) >= 11 is 0. The van der Waals surface area contributed by atoms with Crippen LogP contribution >= 0.6 is 0 Å². The SMILES string of the molecule is O=C(Nc1c(F)cccc1F)c1ccc(NCC2CCCO2)cn1. The maximum atomic E-state index is 13.5. The summed E-state index contributed by atoms with van der Waals surface area (Å²) in [5.41, 5.74) is 0.337. The van der Waals surface area contributed by atoms with E-state index in [1.807, 2.05) is 0 Å². The van der Waals surface area contributed by atoms with E-state index in [2.05, 4.69) is 15.6 Å². The summed E-state index contributed by atoms with van der Waals surface area (Å²) < 4.78 is 32.6. The summed E-state index contributed by atoms with van der Waals surface area (Å²) in [5, 5.41) is 5.38. The van der Waals surface area contributed by atoms with Crippen molar-refractivity contribution >= 4 is 17.3 Å². The Kier molecular flexibility index (Phi) is 5.00. The zero-order chi connectivity index (χ0) is 16.9. The van der Waals surface area contributed by atoms with Gasteiger partial charge in [-0.3, -0.25) is 4.79 Å². The molecule has 126 valence electrons. The summed E-state index contributed by atoms with van der Waals surface area (Å²) in [6.07, 6.45) is 3.78. The molecule has 3 rings (SSSR count). The van der Waals surface area contributed by atoms with Crippen molar-refractivity contribution in [2.24, 2.45) is 0 Å². The smallest absolute Gasteiger partial charge is 0.274 e. The predicted molar refractivity (Wildman–Crippen MR) is 86.0 cm³/mol. The van der Waals surface area contributed by atoms with Gasteiger partial charge in [0.1, 0.15) is 23.0 Å². The van der Waals surface area contributed by atoms with Crippen LogP contribution in [0.15, 0.2) is 36.5 Å². The molecule has 1 atom stereocenters. The van der Waals surface area contributed by atoms with E-state index >= 15 is 0 Å². The molecule has 0 saturated carbocycles. The number of nitrogens with one attached hydrogen (secondary N) is 2. The number of carbonyl (C=O) groups is 1. The van der Waals surface area contributed by atoms with Crippen LogP contribution in [-0.4, -0.2) is 30.1 Å². The number of ether oxygens (including phenoxy) is 1. The highest BCUT2D eigenvalue weighted by Crippen LogP contribution is 2.19. The van der Waals surface area contributed by atoms with Crippen LogP contribution in [0.3, 0.4) is 0 Å². The van der Waals surface area contributed by atoms with Gasteiger partial charge in [0.15, 0.2) is 0 Å². The summed E-state index contributed by atoms with van der Waals surface area (Å²) in [7, 11) is 0. The Morgan fingerprint density at radius 1 is 1.25 bits per heavy atom. The normalized spacial score (nSPS) is 16.8. The van der Waals surface area contributed by atoms with Gasteiger partial charge in [-0.1, -0.05) is 6.07 Å². The third-order valence-corrected chi connectivity index (χ3v) is 3.76. The molecule has 1 unspecified atom stereocenters. The third-order valence-electron chi connectivity index (χ3n) is 3.76. The molecule has 24 heavy (non-hydrogen) atoms. The highest BCUT2D eigenvalue weighted by Gasteiger charge is 2.16. The number of aromatic nitrogens is 1. The largest absolute Gasteiger partial charge is 0.381 e. The van der Waals surface area contributed by atoms with Crippen LogP contribution in [0.4, 0.5) is 20.2 Å². The second-order valence-corrected chi connectivity index (χ2v) is 5.50. The number of para-hydroxylation sites is 1. The van der Waals surface area contributed by atoms with E-state index in [0.29, 0.717) is 6.54 Å². The quantitative estimate of drug-likeness (QED) is 0.882. The second-order valence-electron chi connectivity index (χ2n) is 5.50. The standard InChI is InChI=1S/C17H17F2N3O2/c18-13-4-1-5-14(19)16(13)22-17(23)15-7-6-11(9-21-15)20-10-12-3-2-8-24-12/h1,4-7,9,12,20H,2-3,8,10H2,(H,22,23). The van der Waals surface area contributed by atoms with Gasteiger partial charge >= 0.3 is 0 Å². The highest BCUT2D eigenvalue weighted by atomic mass is 19.1. The fourth-order valence-electron chi connectivity index (χ4n) is 2.46. The van der Waals surface area contributed by atoms with Crippen molar-refractivity contribution in [1.82, 2.24) is 4.98 Å². The number of halogens is 2. The molecule has 2 N–H and O–H groups in total. The van der Waals surface area contributed by atoms with Gasteiger partial charge in [0.25, 0.3) is 5.91 Å². The number of carbonyl (C=O) groups excluding carboxylic acids is 1. The molecule has 2 aromatic rings. The van der Waals surface area contributed by atoms with Gasteiger partial charge in [-0.2, -0.15) is 0 Å². The average molecular weight is 333 g/mol. The van der Waals surface area contributed by atoms with Gasteiger partial charge in [-0.05, 0) is 37.1 Å². The number of rotatable bonds is 5. The lowest BCUT2D eigenvalue weighted by molar-refractivity contribution is 0.102. The highest BCUT2D eigenvalue weighted by molar-refractivity contribution is 6.03. The Morgan fingerprint density at radius 3 is 2.67 bits per heavy atom. The molecule has 1 amide bonds. The Balaban J connectivity index is 1.61. The Labute approximate surface area is 138 Å². The van der Waals surface area contributed by atoms with Crippen LogP contribution in [0.25, 0.3) is 0 Å². The van der Waals surface area contributed by atoms with E-state index in [1.54, 1.807) is 6.07 Å². The monoisotopic (exact) mass is 333 g/mol. The van der Waals surface area contributed by atoms with E-state index in [4.69, 9.17) is 4.74 Å². The molecule has 0 spiro atoms. The van der Waals surface area contributed by atoms with Crippen molar-refractivity contribution < 1.29 is 18.3 Å². The van der Waals surface area contributed by atoms with Crippen LogP contribution in [0, 0.1) is 11.6 Å². The Morgan fingerprint density at radius 2 is 2.04 bits per heavy atom. The molecule has 0 aliphatic carbocycles. The summed E-state index contributed by atoms with van der Waals surface area (Å²) in [6, 6.07) is 6.56. The molecule has 5 nitrogen and oxygen atoms in total. The lowest BCUT2D eigenvalue weighted by Gasteiger charge is -2.12. The van der Waals surface area contributed by atoms with Gasteiger partial charge < -0.3 is 15.4 Å². The molecule has 0 bridgehead atoms. The molecule has 2 heterocycles. The molecule has 1 aromatic heterocycles. The number of nitrogens with zero attached hydrogens (tertiary/aromatic N) is 1. The number of anilines is 2. The molecule has 7 heteroatoms. The lowest BCUT2D eigenvalue weighted by Crippen LogP contribution is -2.19. The van der Waals surface area contributed by atoms with E-state index in [0.717, 1.165) is 37.3 Å². The minimum atomic E-state index is -0.835. The zero-order valence-electron chi connectivity index (χ0n) is 12.9. The molecule has 0 radical (unpaired) electrons.